The lowest BCUT2D eigenvalue weighted by molar-refractivity contribution is 0.0818. The fourth-order valence-electron chi connectivity index (χ4n) is 1.78. The molecular weight excluding hydrogens is 260 g/mol. The molecule has 0 N–H and O–H groups in total. The number of ether oxygens (including phenoxy) is 1. The van der Waals surface area contributed by atoms with Gasteiger partial charge in [0.05, 0.1) is 5.02 Å². The van der Waals surface area contributed by atoms with Gasteiger partial charge in [-0.1, -0.05) is 48.0 Å². The quantitative estimate of drug-likeness (QED) is 0.777. The molecule has 0 saturated carbocycles. The number of rotatable bonds is 4. The molecule has 0 radical (unpaired) electrons. The Labute approximate surface area is 118 Å². The molecule has 0 aliphatic rings. The predicted molar refractivity (Wildman–Crippen MR) is 77.1 cm³/mol. The Kier molecular flexibility index (Phi) is 4.23. The number of halogens is 1. The first kappa shape index (κ1) is 13.6. The minimum atomic E-state index is -0.568. The van der Waals surface area contributed by atoms with Crippen molar-refractivity contribution >= 4 is 17.4 Å². The van der Waals surface area contributed by atoms with E-state index in [0.717, 1.165) is 5.56 Å². The third kappa shape index (κ3) is 3.36. The molecule has 2 rings (SSSR count). The normalized spacial score (nSPS) is 11.9. The highest BCUT2D eigenvalue weighted by Gasteiger charge is 2.17. The molecule has 1 atom stereocenters. The largest absolute Gasteiger partial charge is 0.481 e. The minimum absolute atomic E-state index is 0.0572. The summed E-state index contributed by atoms with van der Waals surface area (Å²) in [6.45, 7) is 3.68. The van der Waals surface area contributed by atoms with Crippen LogP contribution in [-0.4, -0.2) is 11.9 Å². The summed E-state index contributed by atoms with van der Waals surface area (Å²) < 4.78 is 5.66. The topological polar surface area (TPSA) is 26.3 Å². The molecule has 0 spiro atoms. The van der Waals surface area contributed by atoms with E-state index < -0.39 is 6.10 Å². The van der Waals surface area contributed by atoms with E-state index in [4.69, 9.17) is 16.3 Å². The zero-order chi connectivity index (χ0) is 13.8. The van der Waals surface area contributed by atoms with Crippen molar-refractivity contribution in [3.8, 4) is 5.75 Å². The molecule has 0 aromatic heterocycles. The van der Waals surface area contributed by atoms with Crippen molar-refractivity contribution in [3.63, 3.8) is 0 Å². The van der Waals surface area contributed by atoms with Gasteiger partial charge in [0.15, 0.2) is 6.10 Å². The molecule has 3 heteroatoms. The van der Waals surface area contributed by atoms with Crippen molar-refractivity contribution in [1.29, 1.82) is 0 Å². The standard InChI is InChI=1S/C16H15ClO2/c1-11-8-9-14(17)15(10-11)19-12(2)16(18)13-6-4-3-5-7-13/h3-10,12H,1-2H3/t12-/m1/s1. The average Bonchev–Trinajstić information content (AvgIpc) is 2.43. The summed E-state index contributed by atoms with van der Waals surface area (Å²) in [6.07, 6.45) is -0.568. The Balaban J connectivity index is 2.15. The smallest absolute Gasteiger partial charge is 0.202 e. The predicted octanol–water partition coefficient (Wildman–Crippen LogP) is 4.30. The van der Waals surface area contributed by atoms with Gasteiger partial charge in [0.1, 0.15) is 5.75 Å². The zero-order valence-electron chi connectivity index (χ0n) is 10.9. The number of ketones is 1. The van der Waals surface area contributed by atoms with Crippen molar-refractivity contribution in [1.82, 2.24) is 0 Å². The van der Waals surface area contributed by atoms with E-state index in [9.17, 15) is 4.79 Å². The van der Waals surface area contributed by atoms with Crippen LogP contribution in [0.1, 0.15) is 22.8 Å². The van der Waals surface area contributed by atoms with Gasteiger partial charge in [-0.15, -0.1) is 0 Å². The highest BCUT2D eigenvalue weighted by atomic mass is 35.5. The van der Waals surface area contributed by atoms with Crippen LogP contribution in [0.3, 0.4) is 0 Å². The maximum absolute atomic E-state index is 12.2. The van der Waals surface area contributed by atoms with E-state index in [1.54, 1.807) is 25.1 Å². The molecule has 0 aliphatic carbocycles. The van der Waals surface area contributed by atoms with Gasteiger partial charge in [-0.2, -0.15) is 0 Å². The third-order valence-corrected chi connectivity index (χ3v) is 3.13. The Morgan fingerprint density at radius 2 is 1.84 bits per heavy atom. The van der Waals surface area contributed by atoms with E-state index in [1.807, 2.05) is 37.3 Å². The lowest BCUT2D eigenvalue weighted by Gasteiger charge is -2.15. The van der Waals surface area contributed by atoms with Crippen molar-refractivity contribution in [2.45, 2.75) is 20.0 Å². The number of hydrogen-bond donors (Lipinski definition) is 0. The molecule has 0 unspecified atom stereocenters. The van der Waals surface area contributed by atoms with E-state index in [0.29, 0.717) is 16.3 Å². The Morgan fingerprint density at radius 3 is 2.53 bits per heavy atom. The molecule has 0 aliphatic heterocycles. The zero-order valence-corrected chi connectivity index (χ0v) is 11.6. The Bertz CT molecular complexity index is 579. The molecule has 2 aromatic carbocycles. The van der Waals surface area contributed by atoms with Gasteiger partial charge in [-0.25, -0.2) is 0 Å². The number of carbonyl (C=O) groups is 1. The van der Waals surface area contributed by atoms with Gasteiger partial charge in [-0.05, 0) is 31.5 Å². The molecular formula is C16H15ClO2. The van der Waals surface area contributed by atoms with Crippen LogP contribution in [0.5, 0.6) is 5.75 Å². The fourth-order valence-corrected chi connectivity index (χ4v) is 1.94. The number of benzene rings is 2. The van der Waals surface area contributed by atoms with Crippen LogP contribution in [0.15, 0.2) is 48.5 Å². The second kappa shape index (κ2) is 5.89. The first-order valence-electron chi connectivity index (χ1n) is 6.10. The van der Waals surface area contributed by atoms with Crippen molar-refractivity contribution in [2.24, 2.45) is 0 Å². The van der Waals surface area contributed by atoms with Gasteiger partial charge in [0, 0.05) is 5.56 Å². The summed E-state index contributed by atoms with van der Waals surface area (Å²) in [5.41, 5.74) is 1.68. The summed E-state index contributed by atoms with van der Waals surface area (Å²) in [4.78, 5) is 12.2. The number of Topliss-reactive ketones (excluding diaryl/α,β-unsaturated/α-hetero) is 1. The van der Waals surface area contributed by atoms with Crippen LogP contribution < -0.4 is 4.74 Å². The third-order valence-electron chi connectivity index (χ3n) is 2.82. The summed E-state index contributed by atoms with van der Waals surface area (Å²) >= 11 is 6.05. The molecule has 0 bridgehead atoms. The van der Waals surface area contributed by atoms with E-state index in [1.165, 1.54) is 0 Å². The maximum Gasteiger partial charge on any atom is 0.202 e. The number of aryl methyl sites for hydroxylation is 1. The monoisotopic (exact) mass is 274 g/mol. The second-order valence-electron chi connectivity index (χ2n) is 4.42. The molecule has 0 saturated heterocycles. The van der Waals surface area contributed by atoms with E-state index in [-0.39, 0.29) is 5.78 Å². The highest BCUT2D eigenvalue weighted by molar-refractivity contribution is 6.32. The van der Waals surface area contributed by atoms with Crippen molar-refractivity contribution in [2.75, 3.05) is 0 Å². The van der Waals surface area contributed by atoms with Crippen molar-refractivity contribution < 1.29 is 9.53 Å². The average molecular weight is 275 g/mol. The first-order valence-corrected chi connectivity index (χ1v) is 6.48. The summed E-state index contributed by atoms with van der Waals surface area (Å²) in [5, 5.41) is 0.512. The van der Waals surface area contributed by atoms with Crippen LogP contribution in [0.4, 0.5) is 0 Å². The van der Waals surface area contributed by atoms with Gasteiger partial charge in [0.2, 0.25) is 5.78 Å². The molecule has 0 heterocycles. The van der Waals surface area contributed by atoms with Gasteiger partial charge in [0.25, 0.3) is 0 Å². The molecule has 0 fully saturated rings. The molecule has 19 heavy (non-hydrogen) atoms. The lowest BCUT2D eigenvalue weighted by atomic mass is 10.1. The van der Waals surface area contributed by atoms with Crippen LogP contribution >= 0.6 is 11.6 Å². The van der Waals surface area contributed by atoms with Crippen molar-refractivity contribution in [3.05, 3.63) is 64.7 Å². The fraction of sp³-hybridized carbons (Fsp3) is 0.188. The Morgan fingerprint density at radius 1 is 1.16 bits per heavy atom. The lowest BCUT2D eigenvalue weighted by Crippen LogP contribution is -2.24. The summed E-state index contributed by atoms with van der Waals surface area (Å²) in [6, 6.07) is 14.6. The van der Waals surface area contributed by atoms with Gasteiger partial charge >= 0.3 is 0 Å². The first-order chi connectivity index (χ1) is 9.08. The van der Waals surface area contributed by atoms with E-state index in [2.05, 4.69) is 0 Å². The SMILES string of the molecule is Cc1ccc(Cl)c(O[C@H](C)C(=O)c2ccccc2)c1. The van der Waals surface area contributed by atoms with Crippen LogP contribution in [0.2, 0.25) is 5.02 Å². The van der Waals surface area contributed by atoms with Gasteiger partial charge < -0.3 is 4.74 Å². The Hall–Kier alpha value is -1.80. The van der Waals surface area contributed by atoms with Crippen LogP contribution in [0, 0.1) is 6.92 Å². The minimum Gasteiger partial charge on any atom is -0.481 e. The number of carbonyl (C=O) groups excluding carboxylic acids is 1. The van der Waals surface area contributed by atoms with Crippen LogP contribution in [-0.2, 0) is 0 Å². The number of hydrogen-bond acceptors (Lipinski definition) is 2. The molecule has 2 nitrogen and oxygen atoms in total. The molecule has 0 amide bonds. The highest BCUT2D eigenvalue weighted by Crippen LogP contribution is 2.26. The maximum atomic E-state index is 12.2. The molecule has 98 valence electrons. The summed E-state index contributed by atoms with van der Waals surface area (Å²) in [7, 11) is 0. The van der Waals surface area contributed by atoms with E-state index >= 15 is 0 Å². The van der Waals surface area contributed by atoms with Crippen LogP contribution in [0.25, 0.3) is 0 Å². The summed E-state index contributed by atoms with van der Waals surface area (Å²) in [5.74, 6) is 0.483. The molecule has 2 aromatic rings. The second-order valence-corrected chi connectivity index (χ2v) is 4.83. The van der Waals surface area contributed by atoms with Gasteiger partial charge in [-0.3, -0.25) is 4.79 Å².